The fourth-order valence-corrected chi connectivity index (χ4v) is 1.77. The van der Waals surface area contributed by atoms with Crippen molar-refractivity contribution in [3.63, 3.8) is 0 Å². The second-order valence-electron chi connectivity index (χ2n) is 4.32. The third-order valence-electron chi connectivity index (χ3n) is 2.79. The van der Waals surface area contributed by atoms with Crippen molar-refractivity contribution in [2.24, 2.45) is 0 Å². The van der Waals surface area contributed by atoms with Gasteiger partial charge in [-0.2, -0.15) is 0 Å². The number of esters is 1. The molecule has 0 aromatic heterocycles. The maximum atomic E-state index is 10.9. The number of hydrogen-bond acceptors (Lipinski definition) is 6. The highest BCUT2D eigenvalue weighted by Crippen LogP contribution is 2.25. The minimum absolute atomic E-state index is 0.300. The monoisotopic (exact) mass is 326 g/mol. The average Bonchev–Trinajstić information content (AvgIpc) is 2.62. The summed E-state index contributed by atoms with van der Waals surface area (Å²) < 4.78 is 19.7. The summed E-state index contributed by atoms with van der Waals surface area (Å²) in [5.74, 6) is 0.619. The van der Waals surface area contributed by atoms with Gasteiger partial charge in [0, 0.05) is 6.08 Å². The van der Waals surface area contributed by atoms with E-state index in [1.54, 1.807) is 12.1 Å². The minimum Gasteiger partial charge on any atom is -0.462 e. The van der Waals surface area contributed by atoms with Gasteiger partial charge in [0.25, 0.3) is 6.47 Å². The quantitative estimate of drug-likeness (QED) is 0.320. The number of carbonyl (C=O) groups is 2. The first-order valence-electron chi connectivity index (χ1n) is 6.82. The zero-order chi connectivity index (χ0) is 17.2. The Kier molecular flexibility index (Phi) is 6.16. The van der Waals surface area contributed by atoms with Crippen LogP contribution in [0.3, 0.4) is 0 Å². The standard InChI is InChI=1S/C18H14O6/c1-2-18(20)24-10-9-23-17-6-4-14-11-16(5-3-15(14)12-17)22-8-7-21-13-19/h2-13H,1H2/b8-7-,10-9-. The molecule has 0 bridgehead atoms. The van der Waals surface area contributed by atoms with Gasteiger partial charge in [0.05, 0.1) is 0 Å². The van der Waals surface area contributed by atoms with Gasteiger partial charge in [0.2, 0.25) is 0 Å². The molecule has 6 heteroatoms. The molecule has 24 heavy (non-hydrogen) atoms. The maximum absolute atomic E-state index is 10.9. The molecule has 0 saturated carbocycles. The van der Waals surface area contributed by atoms with E-state index in [4.69, 9.17) is 9.47 Å². The highest BCUT2D eigenvalue weighted by atomic mass is 16.5. The van der Waals surface area contributed by atoms with E-state index in [2.05, 4.69) is 16.1 Å². The van der Waals surface area contributed by atoms with Crippen molar-refractivity contribution >= 4 is 23.2 Å². The predicted octanol–water partition coefficient (Wildman–Crippen LogP) is 3.44. The first-order valence-corrected chi connectivity index (χ1v) is 6.82. The molecule has 0 fully saturated rings. The van der Waals surface area contributed by atoms with Crippen LogP contribution in [0.4, 0.5) is 0 Å². The van der Waals surface area contributed by atoms with E-state index < -0.39 is 5.97 Å². The number of fused-ring (bicyclic) bond motifs is 1. The average molecular weight is 326 g/mol. The Morgan fingerprint density at radius 3 is 2.00 bits per heavy atom. The third kappa shape index (κ3) is 5.03. The smallest absolute Gasteiger partial charge is 0.335 e. The fourth-order valence-electron chi connectivity index (χ4n) is 1.77. The van der Waals surface area contributed by atoms with E-state index in [1.165, 1.54) is 12.5 Å². The predicted molar refractivity (Wildman–Crippen MR) is 86.9 cm³/mol. The number of rotatable bonds is 8. The Morgan fingerprint density at radius 2 is 1.46 bits per heavy atom. The minimum atomic E-state index is -0.562. The summed E-state index contributed by atoms with van der Waals surface area (Å²) in [4.78, 5) is 20.8. The summed E-state index contributed by atoms with van der Waals surface area (Å²) in [5, 5.41) is 1.87. The molecule has 2 aromatic rings. The first-order chi connectivity index (χ1) is 11.7. The van der Waals surface area contributed by atoms with Gasteiger partial charge in [0.1, 0.15) is 36.5 Å². The SMILES string of the molecule is C=CC(=O)O/C=C\Oc1ccc2cc(O/C=C\OC=O)ccc2c1. The third-order valence-corrected chi connectivity index (χ3v) is 2.79. The van der Waals surface area contributed by atoms with Gasteiger partial charge in [-0.25, -0.2) is 4.79 Å². The van der Waals surface area contributed by atoms with Crippen LogP contribution in [0.2, 0.25) is 0 Å². The van der Waals surface area contributed by atoms with Gasteiger partial charge in [0.15, 0.2) is 0 Å². The van der Waals surface area contributed by atoms with E-state index in [1.807, 2.05) is 24.3 Å². The topological polar surface area (TPSA) is 71.1 Å². The lowest BCUT2D eigenvalue weighted by molar-refractivity contribution is -0.132. The molecular weight excluding hydrogens is 312 g/mol. The van der Waals surface area contributed by atoms with E-state index in [-0.39, 0.29) is 0 Å². The van der Waals surface area contributed by atoms with Crippen LogP contribution in [-0.4, -0.2) is 12.4 Å². The summed E-state index contributed by atoms with van der Waals surface area (Å²) in [6.07, 6.45) is 5.86. The van der Waals surface area contributed by atoms with Crippen molar-refractivity contribution in [1.29, 1.82) is 0 Å². The van der Waals surface area contributed by atoms with Crippen LogP contribution in [0.15, 0.2) is 74.1 Å². The molecule has 0 amide bonds. The molecule has 0 heterocycles. The lowest BCUT2D eigenvalue weighted by atomic mass is 10.1. The second kappa shape index (κ2) is 8.79. The van der Waals surface area contributed by atoms with Crippen molar-refractivity contribution in [3.05, 3.63) is 74.1 Å². The van der Waals surface area contributed by atoms with Crippen molar-refractivity contribution < 1.29 is 28.5 Å². The molecule has 0 aliphatic carbocycles. The normalized spacial score (nSPS) is 10.7. The molecule has 0 aliphatic rings. The lowest BCUT2D eigenvalue weighted by Gasteiger charge is -2.05. The number of benzene rings is 2. The van der Waals surface area contributed by atoms with Gasteiger partial charge >= 0.3 is 5.97 Å². The summed E-state index contributed by atoms with van der Waals surface area (Å²) in [6, 6.07) is 10.9. The van der Waals surface area contributed by atoms with Crippen molar-refractivity contribution in [3.8, 4) is 11.5 Å². The Bertz CT molecular complexity index is 791. The largest absolute Gasteiger partial charge is 0.462 e. The zero-order valence-electron chi connectivity index (χ0n) is 12.6. The molecule has 6 nitrogen and oxygen atoms in total. The number of hydrogen-bond donors (Lipinski definition) is 0. The molecule has 0 saturated heterocycles. The molecule has 0 unspecified atom stereocenters. The molecule has 2 rings (SSSR count). The highest BCUT2D eigenvalue weighted by molar-refractivity contribution is 5.85. The summed E-state index contributed by atoms with van der Waals surface area (Å²) in [6.45, 7) is 3.58. The van der Waals surface area contributed by atoms with E-state index in [0.717, 1.165) is 29.4 Å². The van der Waals surface area contributed by atoms with Gasteiger partial charge < -0.3 is 18.9 Å². The molecule has 122 valence electrons. The van der Waals surface area contributed by atoms with Gasteiger partial charge in [-0.05, 0) is 35.0 Å². The van der Waals surface area contributed by atoms with Crippen LogP contribution in [0, 0.1) is 0 Å². The zero-order valence-corrected chi connectivity index (χ0v) is 12.6. The molecule has 2 aromatic carbocycles. The van der Waals surface area contributed by atoms with Crippen LogP contribution < -0.4 is 9.47 Å². The Balaban J connectivity index is 2.02. The maximum Gasteiger partial charge on any atom is 0.335 e. The van der Waals surface area contributed by atoms with E-state index >= 15 is 0 Å². The van der Waals surface area contributed by atoms with E-state index in [9.17, 15) is 9.59 Å². The first kappa shape index (κ1) is 16.8. The number of ether oxygens (including phenoxy) is 4. The van der Waals surface area contributed by atoms with Crippen LogP contribution in [0.25, 0.3) is 10.8 Å². The van der Waals surface area contributed by atoms with Crippen molar-refractivity contribution in [2.75, 3.05) is 0 Å². The molecule has 0 spiro atoms. The Morgan fingerprint density at radius 1 is 0.875 bits per heavy atom. The van der Waals surface area contributed by atoms with Crippen molar-refractivity contribution in [2.45, 2.75) is 0 Å². The van der Waals surface area contributed by atoms with Crippen LogP contribution in [-0.2, 0) is 19.1 Å². The molecule has 0 N–H and O–H groups in total. The summed E-state index contributed by atoms with van der Waals surface area (Å²) >= 11 is 0. The highest BCUT2D eigenvalue weighted by Gasteiger charge is 1.99. The summed E-state index contributed by atoms with van der Waals surface area (Å²) in [5.41, 5.74) is 0. The lowest BCUT2D eigenvalue weighted by Crippen LogP contribution is -1.93. The fraction of sp³-hybridized carbons (Fsp3) is 0. The molecule has 0 atom stereocenters. The second-order valence-corrected chi connectivity index (χ2v) is 4.32. The van der Waals surface area contributed by atoms with E-state index in [0.29, 0.717) is 18.0 Å². The van der Waals surface area contributed by atoms with Gasteiger partial charge in [-0.1, -0.05) is 18.7 Å². The van der Waals surface area contributed by atoms with Crippen LogP contribution >= 0.6 is 0 Å². The van der Waals surface area contributed by atoms with Gasteiger partial charge in [-0.15, -0.1) is 0 Å². The summed E-state index contributed by atoms with van der Waals surface area (Å²) in [7, 11) is 0. The number of carbonyl (C=O) groups excluding carboxylic acids is 2. The Hall–Kier alpha value is -3.54. The molecular formula is C18H14O6. The van der Waals surface area contributed by atoms with Crippen molar-refractivity contribution in [1.82, 2.24) is 0 Å². The van der Waals surface area contributed by atoms with Crippen LogP contribution in [0.5, 0.6) is 11.5 Å². The molecule has 0 aliphatic heterocycles. The molecule has 0 radical (unpaired) electrons. The van der Waals surface area contributed by atoms with Gasteiger partial charge in [-0.3, -0.25) is 4.79 Å². The van der Waals surface area contributed by atoms with Crippen LogP contribution in [0.1, 0.15) is 0 Å². The Labute approximate surface area is 138 Å².